The van der Waals surface area contributed by atoms with Gasteiger partial charge in [0.15, 0.2) is 5.82 Å². The zero-order valence-corrected chi connectivity index (χ0v) is 23.7. The van der Waals surface area contributed by atoms with E-state index in [0.717, 1.165) is 66.9 Å². The fourth-order valence-electron chi connectivity index (χ4n) is 4.09. The van der Waals surface area contributed by atoms with Gasteiger partial charge in [-0.15, -0.1) is 11.8 Å². The van der Waals surface area contributed by atoms with Gasteiger partial charge >= 0.3 is 0 Å². The Balaban J connectivity index is 2.78. The zero-order valence-electron chi connectivity index (χ0n) is 22.9. The summed E-state index contributed by atoms with van der Waals surface area (Å²) in [5.74, 6) is 1.65. The molecule has 0 saturated carbocycles. The third-order valence-electron chi connectivity index (χ3n) is 5.79. The molecule has 2 aromatic rings. The predicted molar refractivity (Wildman–Crippen MR) is 152 cm³/mol. The second-order valence-electron chi connectivity index (χ2n) is 9.06. The highest BCUT2D eigenvalue weighted by Gasteiger charge is 2.32. The average Bonchev–Trinajstić information content (AvgIpc) is 2.83. The largest absolute Gasteiger partial charge is 0.355 e. The number of rotatable bonds is 15. The number of nitrogens with zero attached hydrogens (tertiary/aromatic N) is 5. The molecule has 1 aromatic heterocycles. The lowest BCUT2D eigenvalue weighted by Crippen LogP contribution is -2.49. The molecule has 0 fully saturated rings. The van der Waals surface area contributed by atoms with Crippen LogP contribution < -0.4 is 14.9 Å². The van der Waals surface area contributed by atoms with E-state index in [0.29, 0.717) is 11.7 Å². The van der Waals surface area contributed by atoms with Crippen LogP contribution in [0, 0.1) is 6.92 Å². The fraction of sp³-hybridized carbons (Fsp3) is 0.607. The van der Waals surface area contributed by atoms with Gasteiger partial charge in [0.1, 0.15) is 16.5 Å². The topological polar surface area (TPSA) is 52.6 Å². The molecule has 6 nitrogen and oxygen atoms in total. The van der Waals surface area contributed by atoms with Gasteiger partial charge < -0.3 is 4.90 Å². The minimum absolute atomic E-state index is 0.0818. The first-order valence-corrected chi connectivity index (χ1v) is 14.2. The lowest BCUT2D eigenvalue weighted by Gasteiger charge is -2.39. The third-order valence-corrected chi connectivity index (χ3v) is 6.77. The molecular formula is C28H45N5OS. The molecule has 0 atom stereocenters. The molecule has 35 heavy (non-hydrogen) atoms. The minimum atomic E-state index is 0.0818. The van der Waals surface area contributed by atoms with Crippen molar-refractivity contribution in [2.45, 2.75) is 97.3 Å². The summed E-state index contributed by atoms with van der Waals surface area (Å²) in [4.78, 5) is 26.0. The van der Waals surface area contributed by atoms with E-state index in [9.17, 15) is 4.79 Å². The molecule has 0 aliphatic rings. The molecule has 1 amide bonds. The number of amides is 1. The van der Waals surface area contributed by atoms with Crippen LogP contribution in [-0.2, 0) is 4.79 Å². The van der Waals surface area contributed by atoms with Crippen molar-refractivity contribution in [1.82, 2.24) is 9.97 Å². The number of benzene rings is 1. The number of hydrogen-bond donors (Lipinski definition) is 0. The summed E-state index contributed by atoms with van der Waals surface area (Å²) in [6.45, 7) is 17.2. The van der Waals surface area contributed by atoms with E-state index in [1.165, 1.54) is 12.8 Å². The van der Waals surface area contributed by atoms with Crippen molar-refractivity contribution in [2.75, 3.05) is 34.6 Å². The van der Waals surface area contributed by atoms with Crippen molar-refractivity contribution >= 4 is 34.9 Å². The standard InChI is InChI=1S/C28H45N5OS/c1-8-12-13-17-21-32(24-19-15-14-16-20-24)33(25(34)18-9-2)26-27(31(10-3)11-4)29-23(7)30-28(26)35-22(5)6/h14-16,19-20,22H,8-13,17-18,21H2,1-7H3. The van der Waals surface area contributed by atoms with Crippen LogP contribution >= 0.6 is 11.8 Å². The van der Waals surface area contributed by atoms with Gasteiger partial charge in [-0.25, -0.2) is 15.0 Å². The number of carbonyl (C=O) groups excluding carboxylic acids is 1. The molecule has 0 aliphatic carbocycles. The second-order valence-corrected chi connectivity index (χ2v) is 10.6. The molecule has 0 saturated heterocycles. The van der Waals surface area contributed by atoms with Gasteiger partial charge in [-0.3, -0.25) is 9.80 Å². The number of aryl methyl sites for hydroxylation is 1. The van der Waals surface area contributed by atoms with Crippen molar-refractivity contribution in [3.8, 4) is 0 Å². The highest BCUT2D eigenvalue weighted by atomic mass is 32.2. The normalized spacial score (nSPS) is 11.1. The van der Waals surface area contributed by atoms with Crippen LogP contribution in [0.4, 0.5) is 17.2 Å². The summed E-state index contributed by atoms with van der Waals surface area (Å²) < 4.78 is 0. The molecule has 0 N–H and O–H groups in total. The first-order valence-electron chi connectivity index (χ1n) is 13.3. The van der Waals surface area contributed by atoms with E-state index in [-0.39, 0.29) is 5.91 Å². The fourth-order valence-corrected chi connectivity index (χ4v) is 5.01. The van der Waals surface area contributed by atoms with Crippen molar-refractivity contribution in [2.24, 2.45) is 0 Å². The first-order chi connectivity index (χ1) is 16.9. The second kappa shape index (κ2) is 15.0. The summed E-state index contributed by atoms with van der Waals surface area (Å²) in [5, 5.41) is 5.26. The monoisotopic (exact) mass is 499 g/mol. The van der Waals surface area contributed by atoms with Gasteiger partial charge in [-0.05, 0) is 45.7 Å². The smallest absolute Gasteiger partial charge is 0.246 e. The summed E-state index contributed by atoms with van der Waals surface area (Å²) >= 11 is 1.70. The quantitative estimate of drug-likeness (QED) is 0.111. The number of hydrogen-bond acceptors (Lipinski definition) is 6. The Morgan fingerprint density at radius 1 is 0.943 bits per heavy atom. The molecule has 0 spiro atoms. The molecule has 0 bridgehead atoms. The zero-order chi connectivity index (χ0) is 25.8. The van der Waals surface area contributed by atoms with Crippen LogP contribution in [0.1, 0.15) is 85.9 Å². The van der Waals surface area contributed by atoms with Gasteiger partial charge in [0, 0.05) is 31.3 Å². The maximum absolute atomic E-state index is 13.9. The van der Waals surface area contributed by atoms with Crippen molar-refractivity contribution in [1.29, 1.82) is 0 Å². The van der Waals surface area contributed by atoms with Crippen LogP contribution in [-0.4, -0.2) is 40.8 Å². The van der Waals surface area contributed by atoms with Crippen LogP contribution in [0.3, 0.4) is 0 Å². The Labute approximate surface area is 217 Å². The van der Waals surface area contributed by atoms with Gasteiger partial charge in [0.2, 0.25) is 5.91 Å². The van der Waals surface area contributed by atoms with Crippen LogP contribution in [0.15, 0.2) is 35.4 Å². The van der Waals surface area contributed by atoms with Crippen LogP contribution in [0.5, 0.6) is 0 Å². The highest BCUT2D eigenvalue weighted by Crippen LogP contribution is 2.40. The SMILES string of the molecule is CCCCCCN(c1ccccc1)N(C(=O)CCC)c1c(SC(C)C)nc(C)nc1N(CC)CC. The molecule has 194 valence electrons. The van der Waals surface area contributed by atoms with Crippen molar-refractivity contribution in [3.63, 3.8) is 0 Å². The van der Waals surface area contributed by atoms with E-state index < -0.39 is 0 Å². The van der Waals surface area contributed by atoms with Crippen LogP contribution in [0.25, 0.3) is 0 Å². The molecule has 7 heteroatoms. The Morgan fingerprint density at radius 3 is 2.20 bits per heavy atom. The van der Waals surface area contributed by atoms with E-state index in [4.69, 9.17) is 9.97 Å². The van der Waals surface area contributed by atoms with Gasteiger partial charge in [-0.2, -0.15) is 0 Å². The summed E-state index contributed by atoms with van der Waals surface area (Å²) in [6, 6.07) is 10.3. The van der Waals surface area contributed by atoms with E-state index in [1.54, 1.807) is 11.8 Å². The van der Waals surface area contributed by atoms with Crippen LogP contribution in [0.2, 0.25) is 0 Å². The highest BCUT2D eigenvalue weighted by molar-refractivity contribution is 8.00. The van der Waals surface area contributed by atoms with Crippen molar-refractivity contribution < 1.29 is 4.79 Å². The van der Waals surface area contributed by atoms with E-state index >= 15 is 0 Å². The number of hydrazine groups is 1. The van der Waals surface area contributed by atoms with Crippen molar-refractivity contribution in [3.05, 3.63) is 36.2 Å². The lowest BCUT2D eigenvalue weighted by molar-refractivity contribution is -0.118. The Kier molecular flexibility index (Phi) is 12.4. The van der Waals surface area contributed by atoms with Gasteiger partial charge in [0.05, 0.1) is 5.69 Å². The number of unbranched alkanes of at least 4 members (excludes halogenated alkanes) is 3. The number of aromatic nitrogens is 2. The Bertz CT molecular complexity index is 902. The molecule has 1 heterocycles. The number of thioether (sulfide) groups is 1. The van der Waals surface area contributed by atoms with E-state index in [2.05, 4.69) is 63.6 Å². The Morgan fingerprint density at radius 2 is 1.63 bits per heavy atom. The first kappa shape index (κ1) is 29.0. The summed E-state index contributed by atoms with van der Waals surface area (Å²) in [6.07, 6.45) is 5.77. The lowest BCUT2D eigenvalue weighted by atomic mass is 10.2. The van der Waals surface area contributed by atoms with Gasteiger partial charge in [-0.1, -0.05) is 65.2 Å². The summed E-state index contributed by atoms with van der Waals surface area (Å²) in [5.41, 5.74) is 1.83. The minimum Gasteiger partial charge on any atom is -0.355 e. The average molecular weight is 500 g/mol. The molecule has 1 aromatic carbocycles. The predicted octanol–water partition coefficient (Wildman–Crippen LogP) is 7.27. The molecular weight excluding hydrogens is 454 g/mol. The maximum atomic E-state index is 13.9. The molecule has 0 radical (unpaired) electrons. The molecule has 0 unspecified atom stereocenters. The van der Waals surface area contributed by atoms with Gasteiger partial charge in [0.25, 0.3) is 0 Å². The summed E-state index contributed by atoms with van der Waals surface area (Å²) in [7, 11) is 0. The number of anilines is 3. The Hall–Kier alpha value is -2.28. The van der Waals surface area contributed by atoms with E-state index in [1.807, 2.05) is 30.1 Å². The number of carbonyl (C=O) groups is 1. The molecule has 2 rings (SSSR count). The number of para-hydroxylation sites is 1. The third kappa shape index (κ3) is 8.13. The maximum Gasteiger partial charge on any atom is 0.246 e. The molecule has 0 aliphatic heterocycles.